The quantitative estimate of drug-likeness (QED) is 0.246. The van der Waals surface area contributed by atoms with Crippen LogP contribution in [-0.4, -0.2) is 44.5 Å². The van der Waals surface area contributed by atoms with Crippen LogP contribution in [0.5, 0.6) is 0 Å². The van der Waals surface area contributed by atoms with Crippen molar-refractivity contribution in [2.45, 2.75) is 59.3 Å². The first-order valence-electron chi connectivity index (χ1n) is 9.54. The molecule has 0 amide bonds. The summed E-state index contributed by atoms with van der Waals surface area (Å²) in [6.07, 6.45) is 7.23. The van der Waals surface area contributed by atoms with E-state index in [9.17, 15) is 0 Å². The highest BCUT2D eigenvalue weighted by Gasteiger charge is 2.33. The van der Waals surface area contributed by atoms with Crippen molar-refractivity contribution in [3.05, 3.63) is 17.0 Å². The van der Waals surface area contributed by atoms with Gasteiger partial charge in [0.2, 0.25) is 0 Å². The average molecular weight is 478 g/mol. The fourth-order valence-electron chi connectivity index (χ4n) is 3.73. The van der Waals surface area contributed by atoms with E-state index in [1.807, 2.05) is 20.9 Å². The zero-order valence-corrected chi connectivity index (χ0v) is 19.0. The Morgan fingerprint density at radius 2 is 2.00 bits per heavy atom. The van der Waals surface area contributed by atoms with Crippen molar-refractivity contribution < 1.29 is 9.26 Å². The van der Waals surface area contributed by atoms with Crippen LogP contribution >= 0.6 is 24.0 Å². The summed E-state index contributed by atoms with van der Waals surface area (Å²) in [5.74, 6) is 1.78. The van der Waals surface area contributed by atoms with E-state index in [2.05, 4.69) is 27.7 Å². The van der Waals surface area contributed by atoms with Gasteiger partial charge in [-0.1, -0.05) is 18.0 Å². The number of guanidine groups is 1. The van der Waals surface area contributed by atoms with E-state index in [-0.39, 0.29) is 24.0 Å². The van der Waals surface area contributed by atoms with Gasteiger partial charge in [0.1, 0.15) is 5.76 Å². The number of hydrogen-bond donors (Lipinski definition) is 2. The van der Waals surface area contributed by atoms with Gasteiger partial charge in [0.05, 0.1) is 5.69 Å². The van der Waals surface area contributed by atoms with Crippen LogP contribution in [0.4, 0.5) is 0 Å². The molecule has 7 heteroatoms. The molecule has 2 rings (SSSR count). The first kappa shape index (κ1) is 23.2. The van der Waals surface area contributed by atoms with E-state index < -0.39 is 0 Å². The molecule has 1 aromatic heterocycles. The molecule has 0 radical (unpaired) electrons. The highest BCUT2D eigenvalue weighted by atomic mass is 127. The summed E-state index contributed by atoms with van der Waals surface area (Å²) in [6, 6.07) is 0. The molecule has 1 aliphatic carbocycles. The lowest BCUT2D eigenvalue weighted by molar-refractivity contribution is 0.105. The van der Waals surface area contributed by atoms with Gasteiger partial charge in [-0.15, -0.1) is 24.0 Å². The number of aliphatic imine (C=N–C) groups is 1. The molecule has 1 heterocycles. The first-order chi connectivity index (χ1) is 12.1. The number of nitrogens with zero attached hydrogens (tertiary/aromatic N) is 2. The number of rotatable bonds is 9. The van der Waals surface area contributed by atoms with Gasteiger partial charge in [0, 0.05) is 38.9 Å². The van der Waals surface area contributed by atoms with Gasteiger partial charge in [0.15, 0.2) is 5.96 Å². The van der Waals surface area contributed by atoms with Crippen LogP contribution in [0.25, 0.3) is 0 Å². The fraction of sp³-hybridized carbons (Fsp3) is 0.789. The molecule has 0 aromatic carbocycles. The van der Waals surface area contributed by atoms with E-state index in [1.54, 1.807) is 0 Å². The van der Waals surface area contributed by atoms with Gasteiger partial charge in [-0.25, -0.2) is 0 Å². The van der Waals surface area contributed by atoms with Crippen LogP contribution in [0, 0.1) is 19.3 Å². The Morgan fingerprint density at radius 1 is 1.27 bits per heavy atom. The predicted octanol–water partition coefficient (Wildman–Crippen LogP) is 3.60. The molecule has 0 atom stereocenters. The summed E-state index contributed by atoms with van der Waals surface area (Å²) in [7, 11) is 1.83. The van der Waals surface area contributed by atoms with E-state index in [1.165, 1.54) is 31.2 Å². The summed E-state index contributed by atoms with van der Waals surface area (Å²) in [5, 5.41) is 10.9. The van der Waals surface area contributed by atoms with Crippen molar-refractivity contribution in [2.24, 2.45) is 10.4 Å². The smallest absolute Gasteiger partial charge is 0.191 e. The minimum Gasteiger partial charge on any atom is -0.382 e. The van der Waals surface area contributed by atoms with Crippen molar-refractivity contribution in [3.8, 4) is 0 Å². The summed E-state index contributed by atoms with van der Waals surface area (Å²) in [5.41, 5.74) is 2.52. The SMILES string of the molecule is CCOCCC1(CNC(=NC)NCCc2c(C)noc2C)CCCC1.I. The van der Waals surface area contributed by atoms with Gasteiger partial charge in [0.25, 0.3) is 0 Å². The summed E-state index contributed by atoms with van der Waals surface area (Å²) in [4.78, 5) is 4.36. The lowest BCUT2D eigenvalue weighted by atomic mass is 9.83. The Kier molecular flexibility index (Phi) is 10.5. The number of aryl methyl sites for hydroxylation is 2. The number of nitrogens with one attached hydrogen (secondary N) is 2. The molecule has 1 aromatic rings. The monoisotopic (exact) mass is 478 g/mol. The third kappa shape index (κ3) is 6.72. The van der Waals surface area contributed by atoms with Crippen molar-refractivity contribution >= 4 is 29.9 Å². The second kappa shape index (κ2) is 11.8. The largest absolute Gasteiger partial charge is 0.382 e. The number of ether oxygens (including phenoxy) is 1. The maximum Gasteiger partial charge on any atom is 0.191 e. The molecular weight excluding hydrogens is 443 g/mol. The third-order valence-corrected chi connectivity index (χ3v) is 5.35. The molecule has 150 valence electrons. The number of hydrogen-bond acceptors (Lipinski definition) is 4. The average Bonchev–Trinajstić information content (AvgIpc) is 3.20. The lowest BCUT2D eigenvalue weighted by Gasteiger charge is -2.30. The summed E-state index contributed by atoms with van der Waals surface area (Å²) in [6.45, 7) is 9.44. The fourth-order valence-corrected chi connectivity index (χ4v) is 3.73. The van der Waals surface area contributed by atoms with E-state index >= 15 is 0 Å². The highest BCUT2D eigenvalue weighted by molar-refractivity contribution is 14.0. The van der Waals surface area contributed by atoms with Crippen LogP contribution < -0.4 is 10.6 Å². The van der Waals surface area contributed by atoms with Gasteiger partial charge >= 0.3 is 0 Å². The second-order valence-corrected chi connectivity index (χ2v) is 7.06. The molecule has 1 fully saturated rings. The van der Waals surface area contributed by atoms with Gasteiger partial charge in [-0.2, -0.15) is 0 Å². The van der Waals surface area contributed by atoms with Gasteiger partial charge < -0.3 is 19.9 Å². The lowest BCUT2D eigenvalue weighted by Crippen LogP contribution is -2.44. The minimum atomic E-state index is 0. The molecule has 0 spiro atoms. The normalized spacial score (nSPS) is 16.4. The van der Waals surface area contributed by atoms with Crippen molar-refractivity contribution in [2.75, 3.05) is 33.4 Å². The molecule has 0 unspecified atom stereocenters. The molecule has 1 aliphatic rings. The van der Waals surface area contributed by atoms with Crippen molar-refractivity contribution in [1.82, 2.24) is 15.8 Å². The third-order valence-electron chi connectivity index (χ3n) is 5.35. The van der Waals surface area contributed by atoms with Crippen molar-refractivity contribution in [3.63, 3.8) is 0 Å². The summed E-state index contributed by atoms with van der Waals surface area (Å²) >= 11 is 0. The Hall–Kier alpha value is -0.830. The van der Waals surface area contributed by atoms with Gasteiger partial charge in [-0.3, -0.25) is 4.99 Å². The molecule has 26 heavy (non-hydrogen) atoms. The number of halogens is 1. The van der Waals surface area contributed by atoms with Gasteiger partial charge in [-0.05, 0) is 51.9 Å². The zero-order chi connectivity index (χ0) is 18.1. The molecule has 1 saturated carbocycles. The predicted molar refractivity (Wildman–Crippen MR) is 116 cm³/mol. The maximum absolute atomic E-state index is 5.59. The Bertz CT molecular complexity index is 534. The van der Waals surface area contributed by atoms with Crippen LogP contribution in [0.15, 0.2) is 9.52 Å². The van der Waals surface area contributed by atoms with Crippen LogP contribution in [0.2, 0.25) is 0 Å². The minimum absolute atomic E-state index is 0. The Morgan fingerprint density at radius 3 is 2.58 bits per heavy atom. The topological polar surface area (TPSA) is 71.7 Å². The summed E-state index contributed by atoms with van der Waals surface area (Å²) < 4.78 is 10.8. The first-order valence-corrected chi connectivity index (χ1v) is 9.54. The van der Waals surface area contributed by atoms with E-state index in [4.69, 9.17) is 9.26 Å². The standard InChI is InChI=1S/C19H34N4O2.HI/c1-5-24-13-11-19(9-6-7-10-19)14-22-18(20-4)21-12-8-17-15(2)23-25-16(17)3;/h5-14H2,1-4H3,(H2,20,21,22);1H. The van der Waals surface area contributed by atoms with E-state index in [0.29, 0.717) is 5.41 Å². The molecule has 0 saturated heterocycles. The highest BCUT2D eigenvalue weighted by Crippen LogP contribution is 2.40. The number of aromatic nitrogens is 1. The molecular formula is C19H35IN4O2. The molecule has 0 aliphatic heterocycles. The zero-order valence-electron chi connectivity index (χ0n) is 16.7. The van der Waals surface area contributed by atoms with Crippen LogP contribution in [0.1, 0.15) is 56.0 Å². The van der Waals surface area contributed by atoms with Crippen LogP contribution in [0.3, 0.4) is 0 Å². The second-order valence-electron chi connectivity index (χ2n) is 7.06. The van der Waals surface area contributed by atoms with E-state index in [0.717, 1.165) is 56.6 Å². The van der Waals surface area contributed by atoms with Crippen LogP contribution in [-0.2, 0) is 11.2 Å². The maximum atomic E-state index is 5.59. The molecule has 2 N–H and O–H groups in total. The Labute approximate surface area is 174 Å². The molecule has 0 bridgehead atoms. The molecule has 6 nitrogen and oxygen atoms in total. The Balaban J connectivity index is 0.00000338. The van der Waals surface area contributed by atoms with Crippen molar-refractivity contribution in [1.29, 1.82) is 0 Å².